The number of phenols is 1. The number of carbonyl (C=O) groups is 2. The number of phenolic OH excluding ortho intramolecular Hbond substituents is 1. The molecule has 3 aromatic carbocycles. The number of aromatic hydroxyl groups is 1. The molecule has 1 atom stereocenters. The van der Waals surface area contributed by atoms with Crippen molar-refractivity contribution < 1.29 is 24.7 Å². The number of nitro groups is 1. The fraction of sp³-hybridized carbons (Fsp3) is 0.0435. The number of rotatable bonds is 5. The number of fused-ring (bicyclic) bond motifs is 1. The summed E-state index contributed by atoms with van der Waals surface area (Å²) in [6, 6.07) is 18.1. The normalized spacial score (nSPS) is 14.3. The average Bonchev–Trinajstić information content (AvgIpc) is 2.78. The molecule has 4 rings (SSSR count). The Balaban J connectivity index is 1.87. The van der Waals surface area contributed by atoms with Crippen molar-refractivity contribution in [2.24, 2.45) is 0 Å². The van der Waals surface area contributed by atoms with Crippen LogP contribution >= 0.6 is 11.8 Å². The Kier molecular flexibility index (Phi) is 5.31. The molecule has 31 heavy (non-hydrogen) atoms. The van der Waals surface area contributed by atoms with Crippen molar-refractivity contribution in [1.82, 2.24) is 0 Å². The summed E-state index contributed by atoms with van der Waals surface area (Å²) < 4.78 is 0. The SMILES string of the molecule is O=C1C(=O)c2ccccc2C(O)=C1C(Sc1ccc(O)cc1)c1ccc([N+](=O)[O-])cc1. The van der Waals surface area contributed by atoms with Gasteiger partial charge >= 0.3 is 0 Å². The van der Waals surface area contributed by atoms with Crippen LogP contribution in [0.2, 0.25) is 0 Å². The minimum atomic E-state index is -0.828. The molecular weight excluding hydrogens is 418 g/mol. The number of Topliss-reactive ketones (excluding diaryl/α,β-unsaturated/α-hetero) is 2. The summed E-state index contributed by atoms with van der Waals surface area (Å²) in [5.41, 5.74) is 0.694. The van der Waals surface area contributed by atoms with Gasteiger partial charge in [0.15, 0.2) is 0 Å². The van der Waals surface area contributed by atoms with E-state index in [-0.39, 0.29) is 33.9 Å². The Labute approximate surface area is 180 Å². The van der Waals surface area contributed by atoms with E-state index >= 15 is 0 Å². The molecular formula is C23H15NO6S. The van der Waals surface area contributed by atoms with Crippen LogP contribution < -0.4 is 0 Å². The van der Waals surface area contributed by atoms with E-state index in [1.165, 1.54) is 54.2 Å². The van der Waals surface area contributed by atoms with Crippen molar-refractivity contribution in [3.8, 4) is 5.75 Å². The zero-order chi connectivity index (χ0) is 22.1. The fourth-order valence-electron chi connectivity index (χ4n) is 3.35. The van der Waals surface area contributed by atoms with E-state index in [4.69, 9.17) is 0 Å². The van der Waals surface area contributed by atoms with E-state index in [1.54, 1.807) is 30.3 Å². The van der Waals surface area contributed by atoms with Crippen LogP contribution in [-0.2, 0) is 4.79 Å². The van der Waals surface area contributed by atoms with Gasteiger partial charge in [0, 0.05) is 28.2 Å². The van der Waals surface area contributed by atoms with Gasteiger partial charge in [-0.2, -0.15) is 0 Å². The monoisotopic (exact) mass is 433 g/mol. The van der Waals surface area contributed by atoms with Crippen LogP contribution in [0.3, 0.4) is 0 Å². The number of hydrogen-bond acceptors (Lipinski definition) is 7. The second-order valence-corrected chi connectivity index (χ2v) is 7.99. The van der Waals surface area contributed by atoms with E-state index in [9.17, 15) is 29.9 Å². The number of aliphatic hydroxyl groups is 1. The topological polar surface area (TPSA) is 118 Å². The summed E-state index contributed by atoms with van der Waals surface area (Å²) >= 11 is 1.18. The number of non-ortho nitro benzene ring substituents is 1. The molecule has 3 aromatic rings. The molecule has 0 heterocycles. The molecule has 0 fully saturated rings. The Bertz CT molecular complexity index is 1230. The predicted molar refractivity (Wildman–Crippen MR) is 115 cm³/mol. The third kappa shape index (κ3) is 3.80. The first kappa shape index (κ1) is 20.4. The smallest absolute Gasteiger partial charge is 0.269 e. The van der Waals surface area contributed by atoms with Crippen molar-refractivity contribution in [3.63, 3.8) is 0 Å². The predicted octanol–water partition coefficient (Wildman–Crippen LogP) is 4.87. The van der Waals surface area contributed by atoms with Crippen LogP contribution in [-0.4, -0.2) is 26.7 Å². The third-order valence-corrected chi connectivity index (χ3v) is 6.18. The molecule has 0 amide bonds. The van der Waals surface area contributed by atoms with Crippen molar-refractivity contribution in [2.45, 2.75) is 10.1 Å². The number of carbonyl (C=O) groups excluding carboxylic acids is 2. The van der Waals surface area contributed by atoms with E-state index < -0.39 is 21.7 Å². The van der Waals surface area contributed by atoms with Gasteiger partial charge in [-0.15, -0.1) is 11.8 Å². The van der Waals surface area contributed by atoms with Gasteiger partial charge in [-0.1, -0.05) is 36.4 Å². The number of thioether (sulfide) groups is 1. The first-order valence-electron chi connectivity index (χ1n) is 9.18. The first-order chi connectivity index (χ1) is 14.9. The van der Waals surface area contributed by atoms with Gasteiger partial charge in [-0.3, -0.25) is 19.7 Å². The van der Waals surface area contributed by atoms with Gasteiger partial charge in [-0.25, -0.2) is 0 Å². The Morgan fingerprint density at radius 3 is 2.03 bits per heavy atom. The summed E-state index contributed by atoms with van der Waals surface area (Å²) in [6.07, 6.45) is 0. The number of nitrogens with zero attached hydrogens (tertiary/aromatic N) is 1. The van der Waals surface area contributed by atoms with Gasteiger partial charge in [-0.05, 0) is 29.8 Å². The highest BCUT2D eigenvalue weighted by molar-refractivity contribution is 7.99. The molecule has 1 unspecified atom stereocenters. The lowest BCUT2D eigenvalue weighted by Gasteiger charge is -2.24. The van der Waals surface area contributed by atoms with Crippen molar-refractivity contribution in [1.29, 1.82) is 0 Å². The van der Waals surface area contributed by atoms with Crippen LogP contribution in [0.4, 0.5) is 5.69 Å². The molecule has 0 radical (unpaired) electrons. The summed E-state index contributed by atoms with van der Waals surface area (Å²) in [4.78, 5) is 36.9. The number of benzene rings is 3. The maximum Gasteiger partial charge on any atom is 0.269 e. The zero-order valence-corrected chi connectivity index (χ0v) is 16.7. The first-order valence-corrected chi connectivity index (χ1v) is 10.1. The second-order valence-electron chi connectivity index (χ2n) is 6.81. The molecule has 1 aliphatic carbocycles. The second kappa shape index (κ2) is 8.08. The molecule has 2 N–H and O–H groups in total. The van der Waals surface area contributed by atoms with Crippen LogP contribution in [0.25, 0.3) is 5.76 Å². The lowest BCUT2D eigenvalue weighted by Crippen LogP contribution is -2.26. The van der Waals surface area contributed by atoms with Crippen molar-refractivity contribution >= 4 is 34.8 Å². The molecule has 1 aliphatic rings. The van der Waals surface area contributed by atoms with Gasteiger partial charge < -0.3 is 10.2 Å². The van der Waals surface area contributed by atoms with Crippen LogP contribution in [0, 0.1) is 10.1 Å². The fourth-order valence-corrected chi connectivity index (χ4v) is 4.55. The molecule has 8 heteroatoms. The quantitative estimate of drug-likeness (QED) is 0.255. The average molecular weight is 433 g/mol. The Morgan fingerprint density at radius 2 is 1.42 bits per heavy atom. The number of nitro benzene ring substituents is 1. The maximum atomic E-state index is 13.0. The van der Waals surface area contributed by atoms with E-state index in [2.05, 4.69) is 0 Å². The maximum absolute atomic E-state index is 13.0. The number of ketones is 2. The largest absolute Gasteiger partial charge is 0.508 e. The van der Waals surface area contributed by atoms with Gasteiger partial charge in [0.05, 0.1) is 15.7 Å². The van der Waals surface area contributed by atoms with Gasteiger partial charge in [0.1, 0.15) is 11.5 Å². The highest BCUT2D eigenvalue weighted by atomic mass is 32.2. The molecule has 0 saturated heterocycles. The van der Waals surface area contributed by atoms with Gasteiger partial charge in [0.25, 0.3) is 5.69 Å². The summed E-state index contributed by atoms with van der Waals surface area (Å²) in [5.74, 6) is -1.78. The molecule has 7 nitrogen and oxygen atoms in total. The molecule has 0 spiro atoms. The third-order valence-electron chi connectivity index (χ3n) is 4.89. The Morgan fingerprint density at radius 1 is 0.806 bits per heavy atom. The van der Waals surface area contributed by atoms with E-state index in [0.717, 1.165) is 0 Å². The van der Waals surface area contributed by atoms with E-state index in [1.807, 2.05) is 0 Å². The molecule has 154 valence electrons. The molecule has 0 aliphatic heterocycles. The van der Waals surface area contributed by atoms with Crippen LogP contribution in [0.1, 0.15) is 26.7 Å². The zero-order valence-electron chi connectivity index (χ0n) is 15.9. The van der Waals surface area contributed by atoms with Crippen LogP contribution in [0.15, 0.2) is 83.3 Å². The number of aliphatic hydroxyl groups excluding tert-OH is 1. The van der Waals surface area contributed by atoms with Crippen LogP contribution in [0.5, 0.6) is 5.75 Å². The highest BCUT2D eigenvalue weighted by Gasteiger charge is 2.38. The summed E-state index contributed by atoms with van der Waals surface area (Å²) in [5, 5.41) is 30.7. The lowest BCUT2D eigenvalue weighted by atomic mass is 9.85. The number of hydrogen-bond donors (Lipinski definition) is 2. The minimum absolute atomic E-state index is 0.0659. The lowest BCUT2D eigenvalue weighted by molar-refractivity contribution is -0.384. The summed E-state index contributed by atoms with van der Waals surface area (Å²) in [6.45, 7) is 0. The Hall–Kier alpha value is -3.91. The highest BCUT2D eigenvalue weighted by Crippen LogP contribution is 2.46. The molecule has 0 aromatic heterocycles. The molecule has 0 saturated carbocycles. The van der Waals surface area contributed by atoms with Crippen molar-refractivity contribution in [2.75, 3.05) is 0 Å². The molecule has 0 bridgehead atoms. The van der Waals surface area contributed by atoms with E-state index in [0.29, 0.717) is 10.5 Å². The van der Waals surface area contributed by atoms with Gasteiger partial charge in [0.2, 0.25) is 11.6 Å². The van der Waals surface area contributed by atoms with Crippen molar-refractivity contribution in [3.05, 3.63) is 105 Å². The standard InChI is InChI=1S/C23H15NO6S/c25-15-9-11-16(12-10-15)31-23(13-5-7-14(8-6-13)24(29)30)19-20(26)17-3-1-2-4-18(17)21(27)22(19)28/h1-12,23,25-26H. The minimum Gasteiger partial charge on any atom is -0.508 e. The summed E-state index contributed by atoms with van der Waals surface area (Å²) in [7, 11) is 0.